The second-order valence-electron chi connectivity index (χ2n) is 3.75. The smallest absolute Gasteiger partial charge is 0.152 e. The summed E-state index contributed by atoms with van der Waals surface area (Å²) in [6, 6.07) is 8.99. The molecule has 88 valence electrons. The van der Waals surface area contributed by atoms with E-state index in [-0.39, 0.29) is 15.8 Å². The largest absolute Gasteiger partial charge is 0.505 e. The molecule has 0 unspecified atom stereocenters. The van der Waals surface area contributed by atoms with E-state index in [1.54, 1.807) is 12.1 Å². The molecule has 2 rings (SSSR count). The molecule has 0 bridgehead atoms. The minimum atomic E-state index is -0.0947. The Bertz CT molecular complexity index is 556. The summed E-state index contributed by atoms with van der Waals surface area (Å²) < 4.78 is 0. The molecule has 2 aromatic carbocycles. The van der Waals surface area contributed by atoms with Crippen LogP contribution in [0, 0.1) is 6.92 Å². The van der Waals surface area contributed by atoms with Crippen molar-refractivity contribution in [2.24, 2.45) is 0 Å². The third kappa shape index (κ3) is 2.52. The number of hydrogen-bond acceptors (Lipinski definition) is 1. The molecule has 0 heterocycles. The van der Waals surface area contributed by atoms with E-state index in [0.717, 1.165) is 16.7 Å². The molecule has 0 radical (unpaired) electrons. The van der Waals surface area contributed by atoms with Gasteiger partial charge < -0.3 is 5.11 Å². The summed E-state index contributed by atoms with van der Waals surface area (Å²) in [6.45, 7) is 1.93. The van der Waals surface area contributed by atoms with Gasteiger partial charge in [0, 0.05) is 5.02 Å². The summed E-state index contributed by atoms with van der Waals surface area (Å²) in [4.78, 5) is 0. The number of aryl methyl sites for hydroxylation is 1. The van der Waals surface area contributed by atoms with Crippen molar-refractivity contribution in [3.63, 3.8) is 0 Å². The van der Waals surface area contributed by atoms with Gasteiger partial charge in [0.05, 0.1) is 10.0 Å². The summed E-state index contributed by atoms with van der Waals surface area (Å²) >= 11 is 17.7. The Morgan fingerprint density at radius 1 is 0.824 bits per heavy atom. The minimum Gasteiger partial charge on any atom is -0.505 e. The van der Waals surface area contributed by atoms with Gasteiger partial charge in [-0.1, -0.05) is 40.9 Å². The molecule has 1 N–H and O–H groups in total. The Balaban J connectivity index is 2.57. The van der Waals surface area contributed by atoms with Crippen LogP contribution in [0.1, 0.15) is 5.56 Å². The number of hydrogen-bond donors (Lipinski definition) is 1. The van der Waals surface area contributed by atoms with E-state index in [0.29, 0.717) is 5.02 Å². The Morgan fingerprint density at radius 3 is 1.94 bits per heavy atom. The topological polar surface area (TPSA) is 20.2 Å². The maximum atomic E-state index is 9.49. The first-order valence-electron chi connectivity index (χ1n) is 4.93. The van der Waals surface area contributed by atoms with Crippen molar-refractivity contribution in [3.8, 4) is 16.9 Å². The third-order valence-electron chi connectivity index (χ3n) is 2.51. The lowest BCUT2D eigenvalue weighted by molar-refractivity contribution is 0.476. The molecule has 0 atom stereocenters. The normalized spacial score (nSPS) is 10.6. The van der Waals surface area contributed by atoms with Crippen LogP contribution in [0.5, 0.6) is 5.75 Å². The first kappa shape index (κ1) is 12.6. The number of phenolic OH excluding ortho intramolecular Hbond substituents is 1. The number of phenols is 1. The molecule has 0 saturated heterocycles. The van der Waals surface area contributed by atoms with Gasteiger partial charge in [0.1, 0.15) is 0 Å². The summed E-state index contributed by atoms with van der Waals surface area (Å²) in [7, 11) is 0. The Hall–Kier alpha value is -0.890. The predicted octanol–water partition coefficient (Wildman–Crippen LogP) is 5.33. The number of benzene rings is 2. The first-order chi connectivity index (χ1) is 7.99. The monoisotopic (exact) mass is 286 g/mol. The first-order valence-corrected chi connectivity index (χ1v) is 6.07. The van der Waals surface area contributed by atoms with Gasteiger partial charge >= 0.3 is 0 Å². The number of aromatic hydroxyl groups is 1. The second kappa shape index (κ2) is 4.77. The van der Waals surface area contributed by atoms with Crippen molar-refractivity contribution in [3.05, 3.63) is 51.0 Å². The third-order valence-corrected chi connectivity index (χ3v) is 3.51. The second-order valence-corrected chi connectivity index (χ2v) is 4.97. The molecular weight excluding hydrogens is 279 g/mol. The summed E-state index contributed by atoms with van der Waals surface area (Å²) in [6.07, 6.45) is 0. The molecule has 1 nitrogen and oxygen atoms in total. The summed E-state index contributed by atoms with van der Waals surface area (Å²) in [5, 5.41) is 10.7. The van der Waals surface area contributed by atoms with Gasteiger partial charge in [0.15, 0.2) is 5.75 Å². The number of rotatable bonds is 1. The molecule has 0 saturated carbocycles. The lowest BCUT2D eigenvalue weighted by atomic mass is 10.0. The zero-order valence-corrected chi connectivity index (χ0v) is 11.2. The Kier molecular flexibility index (Phi) is 3.53. The van der Waals surface area contributed by atoms with Crippen LogP contribution in [0.3, 0.4) is 0 Å². The molecule has 4 heteroatoms. The van der Waals surface area contributed by atoms with E-state index >= 15 is 0 Å². The van der Waals surface area contributed by atoms with Crippen LogP contribution in [0.2, 0.25) is 15.1 Å². The van der Waals surface area contributed by atoms with Crippen molar-refractivity contribution < 1.29 is 5.11 Å². The minimum absolute atomic E-state index is 0.0947. The fourth-order valence-electron chi connectivity index (χ4n) is 1.56. The van der Waals surface area contributed by atoms with Gasteiger partial charge in [-0.25, -0.2) is 0 Å². The highest BCUT2D eigenvalue weighted by molar-refractivity contribution is 6.37. The van der Waals surface area contributed by atoms with Crippen LogP contribution in [0.25, 0.3) is 11.1 Å². The predicted molar refractivity (Wildman–Crippen MR) is 73.3 cm³/mol. The lowest BCUT2D eigenvalue weighted by Crippen LogP contribution is -1.82. The summed E-state index contributed by atoms with van der Waals surface area (Å²) in [5.41, 5.74) is 2.78. The zero-order chi connectivity index (χ0) is 12.6. The molecule has 0 amide bonds. The zero-order valence-electron chi connectivity index (χ0n) is 8.97. The Labute approximate surface area is 115 Å². The molecule has 2 aromatic rings. The van der Waals surface area contributed by atoms with E-state index in [1.807, 2.05) is 25.1 Å². The van der Waals surface area contributed by atoms with Crippen molar-refractivity contribution in [2.75, 3.05) is 0 Å². The number of halogens is 3. The van der Waals surface area contributed by atoms with E-state index in [2.05, 4.69) is 0 Å². The van der Waals surface area contributed by atoms with Gasteiger partial charge in [-0.15, -0.1) is 0 Å². The molecule has 17 heavy (non-hydrogen) atoms. The quantitative estimate of drug-likeness (QED) is 0.752. The van der Waals surface area contributed by atoms with E-state index < -0.39 is 0 Å². The van der Waals surface area contributed by atoms with Crippen LogP contribution >= 0.6 is 34.8 Å². The molecule has 0 spiro atoms. The van der Waals surface area contributed by atoms with Crippen molar-refractivity contribution in [2.45, 2.75) is 6.92 Å². The lowest BCUT2D eigenvalue weighted by Gasteiger charge is -2.07. The fourth-order valence-corrected chi connectivity index (χ4v) is 2.16. The average Bonchev–Trinajstić information content (AvgIpc) is 2.29. The van der Waals surface area contributed by atoms with Gasteiger partial charge in [0.2, 0.25) is 0 Å². The highest BCUT2D eigenvalue weighted by Gasteiger charge is 2.08. The van der Waals surface area contributed by atoms with Gasteiger partial charge in [-0.3, -0.25) is 0 Å². The average molecular weight is 288 g/mol. The maximum Gasteiger partial charge on any atom is 0.152 e. The Morgan fingerprint density at radius 2 is 1.41 bits per heavy atom. The molecule has 0 aliphatic rings. The SMILES string of the molecule is Cc1cc(-c2cc(Cl)c(O)c(Cl)c2)ccc1Cl. The fraction of sp³-hybridized carbons (Fsp3) is 0.0769. The van der Waals surface area contributed by atoms with E-state index in [9.17, 15) is 5.11 Å². The molecule has 0 aliphatic carbocycles. The van der Waals surface area contributed by atoms with Crippen LogP contribution in [-0.4, -0.2) is 5.11 Å². The van der Waals surface area contributed by atoms with Crippen LogP contribution in [-0.2, 0) is 0 Å². The standard InChI is InChI=1S/C13H9Cl3O/c1-7-4-8(2-3-10(7)14)9-5-11(15)13(17)12(16)6-9/h2-6,17H,1H3. The van der Waals surface area contributed by atoms with Crippen molar-refractivity contribution in [1.82, 2.24) is 0 Å². The van der Waals surface area contributed by atoms with Gasteiger partial charge in [-0.05, 0) is 47.9 Å². The highest BCUT2D eigenvalue weighted by atomic mass is 35.5. The van der Waals surface area contributed by atoms with Crippen LogP contribution in [0.15, 0.2) is 30.3 Å². The molecule has 0 fully saturated rings. The van der Waals surface area contributed by atoms with Crippen molar-refractivity contribution in [1.29, 1.82) is 0 Å². The maximum absolute atomic E-state index is 9.49. The van der Waals surface area contributed by atoms with Gasteiger partial charge in [-0.2, -0.15) is 0 Å². The van der Waals surface area contributed by atoms with Crippen molar-refractivity contribution >= 4 is 34.8 Å². The van der Waals surface area contributed by atoms with Crippen LogP contribution < -0.4 is 0 Å². The van der Waals surface area contributed by atoms with E-state index in [1.165, 1.54) is 0 Å². The molecule has 0 aromatic heterocycles. The highest BCUT2D eigenvalue weighted by Crippen LogP contribution is 2.36. The van der Waals surface area contributed by atoms with E-state index in [4.69, 9.17) is 34.8 Å². The molecule has 0 aliphatic heterocycles. The summed E-state index contributed by atoms with van der Waals surface area (Å²) in [5.74, 6) is -0.0947. The molecular formula is C13H9Cl3O. The van der Waals surface area contributed by atoms with Gasteiger partial charge in [0.25, 0.3) is 0 Å². The van der Waals surface area contributed by atoms with Crippen LogP contribution in [0.4, 0.5) is 0 Å².